The van der Waals surface area contributed by atoms with Crippen LogP contribution in [-0.2, 0) is 17.8 Å². The highest BCUT2D eigenvalue weighted by Gasteiger charge is 2.17. The Balaban J connectivity index is 1.11. The molecule has 168 valence electrons. The molecule has 0 saturated carbocycles. The van der Waals surface area contributed by atoms with Gasteiger partial charge in [-0.2, -0.15) is 0 Å². The highest BCUT2D eigenvalue weighted by molar-refractivity contribution is 6.02. The summed E-state index contributed by atoms with van der Waals surface area (Å²) in [7, 11) is 0. The molecule has 0 bridgehead atoms. The lowest BCUT2D eigenvalue weighted by Crippen LogP contribution is -2.45. The number of carbonyl (C=O) groups excluding carboxylic acids is 1. The number of piperazine rings is 1. The van der Waals surface area contributed by atoms with Crippen LogP contribution in [-0.4, -0.2) is 43.6 Å². The van der Waals surface area contributed by atoms with E-state index in [0.717, 1.165) is 62.8 Å². The first kappa shape index (κ1) is 21.3. The van der Waals surface area contributed by atoms with Gasteiger partial charge in [-0.25, -0.2) is 0 Å². The first-order valence-electron chi connectivity index (χ1n) is 11.6. The molecule has 2 aliphatic heterocycles. The molecule has 0 spiro atoms. The number of anilines is 2. The SMILES string of the molecule is O=C(/C=C/c1ccc2c(c1)CCO2)Nc1ccc(N2CCN(Cc3ccccc3)CC2)cc1. The van der Waals surface area contributed by atoms with E-state index in [0.29, 0.717) is 0 Å². The molecule has 1 saturated heterocycles. The monoisotopic (exact) mass is 439 g/mol. The summed E-state index contributed by atoms with van der Waals surface area (Å²) in [5.41, 5.74) is 5.58. The van der Waals surface area contributed by atoms with Gasteiger partial charge >= 0.3 is 0 Å². The van der Waals surface area contributed by atoms with Gasteiger partial charge in [-0.3, -0.25) is 9.69 Å². The largest absolute Gasteiger partial charge is 0.493 e. The van der Waals surface area contributed by atoms with Crippen LogP contribution < -0.4 is 15.0 Å². The molecule has 0 atom stereocenters. The number of nitrogens with one attached hydrogen (secondary N) is 1. The molecule has 2 heterocycles. The van der Waals surface area contributed by atoms with Crippen molar-refractivity contribution < 1.29 is 9.53 Å². The molecular weight excluding hydrogens is 410 g/mol. The second kappa shape index (κ2) is 9.92. The first-order valence-corrected chi connectivity index (χ1v) is 11.6. The minimum atomic E-state index is -0.131. The smallest absolute Gasteiger partial charge is 0.248 e. The number of ether oxygens (including phenoxy) is 1. The third-order valence-corrected chi connectivity index (χ3v) is 6.26. The maximum atomic E-state index is 12.4. The van der Waals surface area contributed by atoms with E-state index in [9.17, 15) is 4.79 Å². The molecule has 3 aromatic carbocycles. The van der Waals surface area contributed by atoms with Crippen molar-refractivity contribution in [2.45, 2.75) is 13.0 Å². The summed E-state index contributed by atoms with van der Waals surface area (Å²) in [4.78, 5) is 17.3. The van der Waals surface area contributed by atoms with E-state index >= 15 is 0 Å². The zero-order valence-electron chi connectivity index (χ0n) is 18.7. The van der Waals surface area contributed by atoms with Crippen LogP contribution >= 0.6 is 0 Å². The summed E-state index contributed by atoms with van der Waals surface area (Å²) in [5.74, 6) is 0.823. The van der Waals surface area contributed by atoms with Crippen molar-refractivity contribution in [2.75, 3.05) is 43.0 Å². The van der Waals surface area contributed by atoms with Crippen LogP contribution in [0, 0.1) is 0 Å². The van der Waals surface area contributed by atoms with Gasteiger partial charge < -0.3 is 15.0 Å². The maximum absolute atomic E-state index is 12.4. The van der Waals surface area contributed by atoms with Crippen molar-refractivity contribution in [3.63, 3.8) is 0 Å². The molecular formula is C28H29N3O2. The van der Waals surface area contributed by atoms with Gasteiger partial charge in [0.15, 0.2) is 0 Å². The van der Waals surface area contributed by atoms with Gasteiger partial charge in [0.05, 0.1) is 6.61 Å². The Labute approximate surface area is 195 Å². The van der Waals surface area contributed by atoms with E-state index in [-0.39, 0.29) is 5.91 Å². The molecule has 0 aliphatic carbocycles. The van der Waals surface area contributed by atoms with Gasteiger partial charge in [-0.05, 0) is 59.2 Å². The van der Waals surface area contributed by atoms with Gasteiger partial charge in [-0.15, -0.1) is 0 Å². The summed E-state index contributed by atoms with van der Waals surface area (Å²) in [5, 5.41) is 2.95. The van der Waals surface area contributed by atoms with Crippen molar-refractivity contribution in [1.29, 1.82) is 0 Å². The van der Waals surface area contributed by atoms with Crippen LogP contribution in [0.2, 0.25) is 0 Å². The van der Waals surface area contributed by atoms with Crippen LogP contribution in [0.5, 0.6) is 5.75 Å². The summed E-state index contributed by atoms with van der Waals surface area (Å²) >= 11 is 0. The number of hydrogen-bond donors (Lipinski definition) is 1. The Bertz CT molecular complexity index is 1120. The van der Waals surface area contributed by atoms with Crippen LogP contribution in [0.3, 0.4) is 0 Å². The van der Waals surface area contributed by atoms with Gasteiger partial charge in [0, 0.05) is 56.6 Å². The Hall–Kier alpha value is -3.57. The fourth-order valence-electron chi connectivity index (χ4n) is 4.43. The van der Waals surface area contributed by atoms with Gasteiger partial charge in [-0.1, -0.05) is 36.4 Å². The van der Waals surface area contributed by atoms with Crippen molar-refractivity contribution >= 4 is 23.4 Å². The van der Waals surface area contributed by atoms with E-state index in [1.807, 2.05) is 30.3 Å². The van der Waals surface area contributed by atoms with Gasteiger partial charge in [0.25, 0.3) is 0 Å². The Morgan fingerprint density at radius 3 is 2.52 bits per heavy atom. The zero-order valence-corrected chi connectivity index (χ0v) is 18.7. The summed E-state index contributed by atoms with van der Waals surface area (Å²) < 4.78 is 5.53. The normalized spacial score (nSPS) is 15.9. The third-order valence-electron chi connectivity index (χ3n) is 6.26. The number of fused-ring (bicyclic) bond motifs is 1. The van der Waals surface area contributed by atoms with E-state index in [4.69, 9.17) is 4.74 Å². The number of nitrogens with zero attached hydrogens (tertiary/aromatic N) is 2. The Morgan fingerprint density at radius 2 is 1.73 bits per heavy atom. The fourth-order valence-corrected chi connectivity index (χ4v) is 4.43. The molecule has 0 unspecified atom stereocenters. The molecule has 1 N–H and O–H groups in total. The zero-order chi connectivity index (χ0) is 22.5. The van der Waals surface area contributed by atoms with Crippen molar-refractivity contribution in [1.82, 2.24) is 4.90 Å². The molecule has 2 aliphatic rings. The first-order chi connectivity index (χ1) is 16.2. The molecule has 0 radical (unpaired) electrons. The summed E-state index contributed by atoms with van der Waals surface area (Å²) in [6.45, 7) is 5.86. The average molecular weight is 440 g/mol. The van der Waals surface area contributed by atoms with Crippen LogP contribution in [0.25, 0.3) is 6.08 Å². The van der Waals surface area contributed by atoms with Crippen molar-refractivity contribution in [3.8, 4) is 5.75 Å². The third kappa shape index (κ3) is 5.44. The second-order valence-corrected chi connectivity index (χ2v) is 8.58. The van der Waals surface area contributed by atoms with Gasteiger partial charge in [0.2, 0.25) is 5.91 Å². The van der Waals surface area contributed by atoms with Crippen molar-refractivity contribution in [2.24, 2.45) is 0 Å². The number of hydrogen-bond acceptors (Lipinski definition) is 4. The molecule has 33 heavy (non-hydrogen) atoms. The van der Waals surface area contributed by atoms with E-state index in [1.165, 1.54) is 16.8 Å². The minimum absolute atomic E-state index is 0.131. The predicted molar refractivity (Wildman–Crippen MR) is 134 cm³/mol. The molecule has 5 nitrogen and oxygen atoms in total. The molecule has 1 amide bonds. The molecule has 1 fully saturated rings. The molecule has 5 rings (SSSR count). The summed E-state index contributed by atoms with van der Waals surface area (Å²) in [6.07, 6.45) is 4.35. The Morgan fingerprint density at radius 1 is 0.939 bits per heavy atom. The number of benzene rings is 3. The number of rotatable bonds is 6. The number of carbonyl (C=O) groups is 1. The maximum Gasteiger partial charge on any atom is 0.248 e. The lowest BCUT2D eigenvalue weighted by molar-refractivity contribution is -0.111. The topological polar surface area (TPSA) is 44.8 Å². The number of amides is 1. The highest BCUT2D eigenvalue weighted by Crippen LogP contribution is 2.26. The van der Waals surface area contributed by atoms with Crippen LogP contribution in [0.4, 0.5) is 11.4 Å². The van der Waals surface area contributed by atoms with E-state index in [1.54, 1.807) is 6.08 Å². The highest BCUT2D eigenvalue weighted by atomic mass is 16.5. The minimum Gasteiger partial charge on any atom is -0.493 e. The lowest BCUT2D eigenvalue weighted by Gasteiger charge is -2.36. The molecule has 0 aromatic heterocycles. The second-order valence-electron chi connectivity index (χ2n) is 8.58. The summed E-state index contributed by atoms with van der Waals surface area (Å²) in [6, 6.07) is 24.8. The molecule has 5 heteroatoms. The quantitative estimate of drug-likeness (QED) is 0.571. The van der Waals surface area contributed by atoms with E-state index < -0.39 is 0 Å². The lowest BCUT2D eigenvalue weighted by atomic mass is 10.1. The predicted octanol–water partition coefficient (Wildman–Crippen LogP) is 4.60. The van der Waals surface area contributed by atoms with Crippen molar-refractivity contribution in [3.05, 3.63) is 95.6 Å². The standard InChI is InChI=1S/C28H29N3O2/c32-28(13-7-22-6-12-27-24(20-22)14-19-33-27)29-25-8-10-26(11-9-25)31-17-15-30(16-18-31)21-23-4-2-1-3-5-23/h1-13,20H,14-19,21H2,(H,29,32)/b13-7+. The average Bonchev–Trinajstić information content (AvgIpc) is 3.33. The van der Waals surface area contributed by atoms with Crippen LogP contribution in [0.15, 0.2) is 78.9 Å². The van der Waals surface area contributed by atoms with Crippen LogP contribution in [0.1, 0.15) is 16.7 Å². The Kier molecular flexibility index (Phi) is 6.40. The molecule has 3 aromatic rings. The fraction of sp³-hybridized carbons (Fsp3) is 0.250. The van der Waals surface area contributed by atoms with Gasteiger partial charge in [0.1, 0.15) is 5.75 Å². The van der Waals surface area contributed by atoms with E-state index in [2.05, 4.69) is 63.6 Å².